The van der Waals surface area contributed by atoms with Gasteiger partial charge in [-0.25, -0.2) is 0 Å². The van der Waals surface area contributed by atoms with E-state index in [9.17, 15) is 27.4 Å². The van der Waals surface area contributed by atoms with Crippen molar-refractivity contribution in [3.8, 4) is 66.8 Å². The zero-order chi connectivity index (χ0) is 106. The molecule has 19 rings (SSSR count). The number of hydrogen-bond donors (Lipinski definition) is 0. The summed E-state index contributed by atoms with van der Waals surface area (Å²) in [5.41, 5.74) is -11.5. The fraction of sp³-hybridized carbons (Fsp3) is 0. The van der Waals surface area contributed by atoms with Gasteiger partial charge in [0.1, 0.15) is 22.3 Å². The minimum atomic E-state index is -1.12. The quantitative estimate of drug-likeness (QED) is 0.155. The molecule has 0 unspecified atom stereocenters. The van der Waals surface area contributed by atoms with Crippen molar-refractivity contribution in [2.75, 3.05) is 0 Å². The smallest absolute Gasteiger partial charge is 0.135 e. The van der Waals surface area contributed by atoms with Crippen molar-refractivity contribution in [3.05, 3.63) is 326 Å². The van der Waals surface area contributed by atoms with Crippen molar-refractivity contribution in [3.63, 3.8) is 0 Å². The maximum absolute atomic E-state index is 9.90. The van der Waals surface area contributed by atoms with Crippen molar-refractivity contribution in [1.82, 2.24) is 0 Å². The maximum atomic E-state index is 9.90. The minimum absolute atomic E-state index is 0.431. The predicted octanol–water partition coefficient (Wildman–Crippen LogP) is 25.2. The first kappa shape index (κ1) is 20.9. The Morgan fingerprint density at radius 3 is 1.04 bits per heavy atom. The molecule has 0 amide bonds. The topological polar surface area (TPSA) is 26.3 Å². The summed E-state index contributed by atoms with van der Waals surface area (Å²) in [5.74, 6) is 0. The molecule has 0 fully saturated rings. The predicted molar refractivity (Wildman–Crippen MR) is 383 cm³/mol. The van der Waals surface area contributed by atoms with Crippen molar-refractivity contribution in [2.24, 2.45) is 0 Å². The monoisotopic (exact) mass is 1200 g/mol. The van der Waals surface area contributed by atoms with Crippen LogP contribution in [0.4, 0.5) is 0 Å². The Kier molecular flexibility index (Phi) is 4.87. The summed E-state index contributed by atoms with van der Waals surface area (Å²) in [6.07, 6.45) is 0. The third kappa shape index (κ3) is 8.34. The highest BCUT2D eigenvalue weighted by atomic mass is 16.3. The van der Waals surface area contributed by atoms with E-state index in [2.05, 4.69) is 0 Å². The molecular weight excluding hydrogens is 1090 g/mol. The van der Waals surface area contributed by atoms with E-state index in [1.54, 1.807) is 0 Å². The molecule has 0 aliphatic rings. The van der Waals surface area contributed by atoms with Crippen LogP contribution >= 0.6 is 0 Å². The standard InChI is InChI=1S/C46H28O.C42H26O/c1-2-12-30-27-31(22-21-29(30)11-1)33-24-25-41(35-14-4-3-13-34(33)35)46-39-18-7-5-16-37(39)45(38-17-6-8-19-40(38)46)32-23-26-44-42(28-32)36-15-9-10-20-43(36)47-44;1-2-12-27(13-3-1)30-24-28-14-4-5-15-31(28)38(26-30)42-35-19-8-6-17-33(35)41(34-18-7-9-20-36(34)42)29-22-23-40-37(25-29)32-16-10-11-21-39(32)43-40/h1-28H;1-26H/i1D,2D,3D,4D,5D,6D,7D,8D,9D,10D,11D,12D,13D,14D,15D,16D,17D,18D,19D,20D,21D,22D,23D,24D,25D,26D,27D,28D;1D,2D,3D,4D,5D,6D,7D,8D,9D,10D,11D,12D,13D,14D,15D,16D,17D,18D,19D,20D,21D,22D,23D,24D,25D,26D. The second kappa shape index (κ2) is 21.0. The van der Waals surface area contributed by atoms with Crippen molar-refractivity contribution in [2.45, 2.75) is 0 Å². The van der Waals surface area contributed by atoms with Crippen molar-refractivity contribution < 1.29 is 82.9 Å². The van der Waals surface area contributed by atoms with Gasteiger partial charge in [0, 0.05) is 21.5 Å². The van der Waals surface area contributed by atoms with Gasteiger partial charge >= 0.3 is 0 Å². The number of hydrogen-bond acceptors (Lipinski definition) is 2. The van der Waals surface area contributed by atoms with Gasteiger partial charge in [0.15, 0.2) is 0 Å². The molecule has 0 saturated carbocycles. The number of fused-ring (bicyclic) bond motifs is 13. The Hall–Kier alpha value is -11.8. The molecule has 0 aliphatic carbocycles. The highest BCUT2D eigenvalue weighted by Gasteiger charge is 2.23. The molecule has 0 radical (unpaired) electrons. The van der Waals surface area contributed by atoms with Crippen LogP contribution in [0.3, 0.4) is 0 Å². The number of furan rings is 2. The van der Waals surface area contributed by atoms with Gasteiger partial charge in [0.05, 0.1) is 74.0 Å². The normalized spacial score (nSPS) is 20.2. The van der Waals surface area contributed by atoms with E-state index in [-0.39, 0.29) is 0 Å². The van der Waals surface area contributed by atoms with E-state index in [4.69, 9.17) is 55.4 Å². The number of benzene rings is 17. The molecule has 0 bridgehead atoms. The van der Waals surface area contributed by atoms with Crippen LogP contribution in [0.25, 0.3) is 186 Å². The van der Waals surface area contributed by atoms with Gasteiger partial charge in [-0.3, -0.25) is 0 Å². The van der Waals surface area contributed by atoms with Crippen LogP contribution in [0, 0.1) is 0 Å². The van der Waals surface area contributed by atoms with Crippen LogP contribution < -0.4 is 0 Å². The lowest BCUT2D eigenvalue weighted by Gasteiger charge is -2.20. The van der Waals surface area contributed by atoms with E-state index in [1.165, 1.54) is 0 Å². The van der Waals surface area contributed by atoms with E-state index in [0.29, 0.717) is 0 Å². The third-order valence-corrected chi connectivity index (χ3v) is 14.7. The highest BCUT2D eigenvalue weighted by molar-refractivity contribution is 6.27. The average molecular weight is 1200 g/mol. The summed E-state index contributed by atoms with van der Waals surface area (Å²) in [6, 6.07) is -50.3. The molecule has 2 heteroatoms. The van der Waals surface area contributed by atoms with Crippen molar-refractivity contribution in [1.29, 1.82) is 0 Å². The summed E-state index contributed by atoms with van der Waals surface area (Å²) in [6.45, 7) is 0. The van der Waals surface area contributed by atoms with Crippen LogP contribution in [0.15, 0.2) is 335 Å². The van der Waals surface area contributed by atoms with Crippen LogP contribution in [-0.4, -0.2) is 0 Å². The fourth-order valence-corrected chi connectivity index (χ4v) is 10.9. The molecule has 0 saturated heterocycles. The van der Waals surface area contributed by atoms with Crippen LogP contribution in [0.1, 0.15) is 74.0 Å². The Labute approximate surface area is 595 Å². The zero-order valence-corrected chi connectivity index (χ0v) is 44.8. The molecule has 90 heavy (non-hydrogen) atoms. The molecular formula is C88H54O2. The molecule has 0 spiro atoms. The van der Waals surface area contributed by atoms with Gasteiger partial charge in [-0.15, -0.1) is 0 Å². The molecule has 0 atom stereocenters. The van der Waals surface area contributed by atoms with Crippen LogP contribution in [-0.2, 0) is 0 Å². The van der Waals surface area contributed by atoms with E-state index in [1.807, 2.05) is 0 Å². The van der Waals surface area contributed by atoms with Gasteiger partial charge in [-0.05, 0) is 197 Å². The Balaban J connectivity index is 0.000000190. The second-order valence-corrected chi connectivity index (χ2v) is 19.5. The lowest BCUT2D eigenvalue weighted by molar-refractivity contribution is 0.668. The first-order chi connectivity index (χ1) is 67.1. The summed E-state index contributed by atoms with van der Waals surface area (Å²) in [7, 11) is 0. The Bertz CT molecular complexity index is 9290. The first-order valence-corrected chi connectivity index (χ1v) is 26.6. The second-order valence-electron chi connectivity index (χ2n) is 19.5. The molecule has 0 aliphatic heterocycles. The van der Waals surface area contributed by atoms with Gasteiger partial charge in [-0.1, -0.05) is 272 Å². The molecule has 0 N–H and O–H groups in total. The molecule has 418 valence electrons. The Morgan fingerprint density at radius 1 is 0.167 bits per heavy atom. The summed E-state index contributed by atoms with van der Waals surface area (Å²) < 4.78 is 498. The highest BCUT2D eigenvalue weighted by Crippen LogP contribution is 2.50. The SMILES string of the molecule is [2H]c1c([2H])c([2H])c(-c2c([2H])c(-c3c4c([2H])c([2H])c([2H])c([2H])c4c(-c4c([2H])c([2H])c5oc6c([2H])c([2H])c([2H])c([2H])c6c5c4[2H])c4c([2H])c([2H])c([2H])c([2H])c34)c3c([2H])c([2H])c([2H])c([2H])c3c2[2H])c([2H])c1[2H].[2H]c1c([2H])c([2H])c2c(oc3c([2H])c([2H])c(-c4c5c([2H])c([2H])c([2H])c([2H])c5c(-c5c([2H])c([2H])c(-c6c([2H])c([2H])c7c([2H])c([2H])c([2H])c([2H])c7c6[2H])c6c([2H])c([2H])c([2H])c([2H])c56)c5c([2H])c([2H])c([2H])c([2H])c45)c([2H])c32)c1[2H]. The first-order valence-electron chi connectivity index (χ1n) is 53.6. The Morgan fingerprint density at radius 2 is 0.522 bits per heavy atom. The van der Waals surface area contributed by atoms with E-state index in [0.717, 1.165) is 0 Å². The van der Waals surface area contributed by atoms with Gasteiger partial charge < -0.3 is 8.83 Å². The lowest BCUT2D eigenvalue weighted by atomic mass is 9.83. The number of para-hydroxylation sites is 2. The van der Waals surface area contributed by atoms with E-state index < -0.39 is 512 Å². The summed E-state index contributed by atoms with van der Waals surface area (Å²) in [5, 5.41) is -12.1. The largest absolute Gasteiger partial charge is 0.456 e. The van der Waals surface area contributed by atoms with Gasteiger partial charge in [0.2, 0.25) is 0 Å². The van der Waals surface area contributed by atoms with Gasteiger partial charge in [-0.2, -0.15) is 0 Å². The third-order valence-electron chi connectivity index (χ3n) is 14.7. The molecule has 2 aromatic heterocycles. The fourth-order valence-electron chi connectivity index (χ4n) is 10.9. The summed E-state index contributed by atoms with van der Waals surface area (Å²) >= 11 is 0. The zero-order valence-electron chi connectivity index (χ0n) is 98.8. The van der Waals surface area contributed by atoms with Crippen molar-refractivity contribution >= 4 is 119 Å². The lowest BCUT2D eigenvalue weighted by Crippen LogP contribution is -1.92. The van der Waals surface area contributed by atoms with E-state index >= 15 is 0 Å². The van der Waals surface area contributed by atoms with Crippen LogP contribution in [0.5, 0.6) is 0 Å². The van der Waals surface area contributed by atoms with Gasteiger partial charge in [0.25, 0.3) is 0 Å². The van der Waals surface area contributed by atoms with Crippen LogP contribution in [0.2, 0.25) is 0 Å². The molecule has 2 heterocycles. The minimum Gasteiger partial charge on any atom is -0.456 e. The molecule has 17 aromatic carbocycles. The average Bonchev–Trinajstić information content (AvgIpc) is 0.888. The summed E-state index contributed by atoms with van der Waals surface area (Å²) in [4.78, 5) is 0. The molecule has 2 nitrogen and oxygen atoms in total. The number of rotatable bonds is 6. The maximum Gasteiger partial charge on any atom is 0.135 e. The molecule has 19 aromatic rings.